The first-order valence-corrected chi connectivity index (χ1v) is 9.21. The molecule has 6 heteroatoms. The van der Waals surface area contributed by atoms with Gasteiger partial charge in [0.25, 0.3) is 0 Å². The largest absolute Gasteiger partial charge is 0.389 e. The van der Waals surface area contributed by atoms with Crippen LogP contribution in [0.3, 0.4) is 0 Å². The molecule has 2 heterocycles. The van der Waals surface area contributed by atoms with Crippen LogP contribution in [0.25, 0.3) is 0 Å². The molecule has 0 saturated carbocycles. The lowest BCUT2D eigenvalue weighted by molar-refractivity contribution is 0.199. The van der Waals surface area contributed by atoms with Gasteiger partial charge in [0.15, 0.2) is 0 Å². The number of rotatable bonds is 6. The first-order valence-electron chi connectivity index (χ1n) is 9.21. The number of nitrogens with one attached hydrogen (secondary N) is 1. The number of nitrogens with zero attached hydrogens (tertiary/aromatic N) is 4. The maximum Gasteiger partial charge on any atom is 0.134 e. The van der Waals surface area contributed by atoms with E-state index < -0.39 is 6.10 Å². The lowest BCUT2D eigenvalue weighted by Gasteiger charge is -2.30. The molecule has 1 aromatic heterocycles. The monoisotopic (exact) mass is 355 g/mol. The third-order valence-corrected chi connectivity index (χ3v) is 4.74. The first kappa shape index (κ1) is 18.6. The highest BCUT2D eigenvalue weighted by Gasteiger charge is 2.19. The Hall–Kier alpha value is -2.18. The molecule has 2 N–H and O–H groups in total. The standard InChI is InChI=1S/C20H29N5O/c1-14(26)16-5-6-18-13-25(9-7-17(18)11-16)20-12-19(22-15(2)23-20)21-8-10-24(3)4/h5-6,11-12,14,26H,7-10,13H2,1-4H3,(H,21,22,23)/t14-/m0/s1. The molecule has 0 radical (unpaired) electrons. The van der Waals surface area contributed by atoms with Crippen LogP contribution < -0.4 is 10.2 Å². The van der Waals surface area contributed by atoms with Gasteiger partial charge in [-0.25, -0.2) is 9.97 Å². The van der Waals surface area contributed by atoms with Crippen molar-refractivity contribution in [1.82, 2.24) is 14.9 Å². The number of fused-ring (bicyclic) bond motifs is 1. The fourth-order valence-electron chi connectivity index (χ4n) is 3.24. The van der Waals surface area contributed by atoms with Crippen LogP contribution in [-0.4, -0.2) is 53.7 Å². The minimum Gasteiger partial charge on any atom is -0.389 e. The zero-order chi connectivity index (χ0) is 18.7. The fraction of sp³-hybridized carbons (Fsp3) is 0.500. The zero-order valence-electron chi connectivity index (χ0n) is 16.2. The van der Waals surface area contributed by atoms with Crippen molar-refractivity contribution >= 4 is 11.6 Å². The molecule has 6 nitrogen and oxygen atoms in total. The summed E-state index contributed by atoms with van der Waals surface area (Å²) in [5.41, 5.74) is 3.62. The highest BCUT2D eigenvalue weighted by molar-refractivity contribution is 5.51. The molecule has 26 heavy (non-hydrogen) atoms. The molecule has 0 aliphatic carbocycles. The number of aryl methyl sites for hydroxylation is 1. The Morgan fingerprint density at radius 1 is 1.23 bits per heavy atom. The van der Waals surface area contributed by atoms with Gasteiger partial charge in [-0.05, 0) is 51.1 Å². The molecule has 1 aliphatic heterocycles. The van der Waals surface area contributed by atoms with Crippen LogP contribution in [0.4, 0.5) is 11.6 Å². The van der Waals surface area contributed by atoms with Crippen molar-refractivity contribution in [3.05, 3.63) is 46.8 Å². The molecule has 0 saturated heterocycles. The average molecular weight is 355 g/mol. The summed E-state index contributed by atoms with van der Waals surface area (Å²) in [5.74, 6) is 2.63. The maximum atomic E-state index is 9.78. The molecule has 1 aliphatic rings. The van der Waals surface area contributed by atoms with E-state index in [1.165, 1.54) is 11.1 Å². The number of aromatic nitrogens is 2. The summed E-state index contributed by atoms with van der Waals surface area (Å²) >= 11 is 0. The van der Waals surface area contributed by atoms with E-state index in [0.29, 0.717) is 0 Å². The average Bonchev–Trinajstić information content (AvgIpc) is 2.60. The van der Waals surface area contributed by atoms with Gasteiger partial charge in [0.1, 0.15) is 17.5 Å². The first-order chi connectivity index (χ1) is 12.4. The summed E-state index contributed by atoms with van der Waals surface area (Å²) in [6.07, 6.45) is 0.543. The van der Waals surface area contributed by atoms with Gasteiger partial charge in [0, 0.05) is 32.2 Å². The van der Waals surface area contributed by atoms with Gasteiger partial charge in [-0.2, -0.15) is 0 Å². The number of hydrogen-bond acceptors (Lipinski definition) is 6. The van der Waals surface area contributed by atoms with E-state index in [9.17, 15) is 5.11 Å². The van der Waals surface area contributed by atoms with Crippen LogP contribution in [0.2, 0.25) is 0 Å². The Kier molecular flexibility index (Phi) is 5.74. The van der Waals surface area contributed by atoms with Crippen LogP contribution >= 0.6 is 0 Å². The Labute approximate surface area is 155 Å². The number of aliphatic hydroxyl groups excluding tert-OH is 1. The minimum absolute atomic E-state index is 0.418. The molecule has 0 fully saturated rings. The van der Waals surface area contributed by atoms with Gasteiger partial charge in [-0.1, -0.05) is 18.2 Å². The Morgan fingerprint density at radius 3 is 2.77 bits per heavy atom. The van der Waals surface area contributed by atoms with E-state index in [-0.39, 0.29) is 0 Å². The van der Waals surface area contributed by atoms with Gasteiger partial charge in [0.05, 0.1) is 6.10 Å². The second kappa shape index (κ2) is 8.01. The second-order valence-electron chi connectivity index (χ2n) is 7.26. The molecule has 0 unspecified atom stereocenters. The van der Waals surface area contributed by atoms with Crippen molar-refractivity contribution in [2.24, 2.45) is 0 Å². The minimum atomic E-state index is -0.418. The summed E-state index contributed by atoms with van der Waals surface area (Å²) in [7, 11) is 4.12. The number of benzene rings is 1. The molecular weight excluding hydrogens is 326 g/mol. The lowest BCUT2D eigenvalue weighted by Crippen LogP contribution is -2.31. The molecular formula is C20H29N5O. The SMILES string of the molecule is Cc1nc(NCCN(C)C)cc(N2CCc3cc([C@H](C)O)ccc3C2)n1. The third-order valence-electron chi connectivity index (χ3n) is 4.74. The van der Waals surface area contributed by atoms with E-state index in [1.54, 1.807) is 0 Å². The lowest BCUT2D eigenvalue weighted by atomic mass is 9.96. The van der Waals surface area contributed by atoms with E-state index in [1.807, 2.05) is 26.0 Å². The van der Waals surface area contributed by atoms with Gasteiger partial charge in [0.2, 0.25) is 0 Å². The topological polar surface area (TPSA) is 64.5 Å². The summed E-state index contributed by atoms with van der Waals surface area (Å²) in [6.45, 7) is 7.32. The van der Waals surface area contributed by atoms with Crippen LogP contribution in [0.5, 0.6) is 0 Å². The molecule has 2 aromatic rings. The van der Waals surface area contributed by atoms with E-state index in [2.05, 4.69) is 51.3 Å². The predicted octanol–water partition coefficient (Wildman–Crippen LogP) is 2.37. The van der Waals surface area contributed by atoms with Crippen molar-refractivity contribution in [3.8, 4) is 0 Å². The quantitative estimate of drug-likeness (QED) is 0.829. The third kappa shape index (κ3) is 4.51. The summed E-state index contributed by atoms with van der Waals surface area (Å²) in [4.78, 5) is 13.6. The van der Waals surface area contributed by atoms with Gasteiger partial charge in [-0.15, -0.1) is 0 Å². The summed E-state index contributed by atoms with van der Waals surface area (Å²) in [5, 5.41) is 13.2. The van der Waals surface area contributed by atoms with E-state index in [0.717, 1.165) is 55.6 Å². The maximum absolute atomic E-state index is 9.78. The summed E-state index contributed by atoms with van der Waals surface area (Å²) < 4.78 is 0. The second-order valence-corrected chi connectivity index (χ2v) is 7.26. The molecule has 0 amide bonds. The zero-order valence-corrected chi connectivity index (χ0v) is 16.2. The molecule has 1 aromatic carbocycles. The fourth-order valence-corrected chi connectivity index (χ4v) is 3.24. The molecule has 0 spiro atoms. The molecule has 3 rings (SSSR count). The number of aliphatic hydroxyl groups is 1. The van der Waals surface area contributed by atoms with Crippen LogP contribution in [0.1, 0.15) is 35.5 Å². The van der Waals surface area contributed by atoms with Crippen LogP contribution in [0.15, 0.2) is 24.3 Å². The van der Waals surface area contributed by atoms with Gasteiger partial charge >= 0.3 is 0 Å². The number of anilines is 2. The Morgan fingerprint density at radius 2 is 2.04 bits per heavy atom. The highest BCUT2D eigenvalue weighted by atomic mass is 16.3. The van der Waals surface area contributed by atoms with Crippen LogP contribution in [0, 0.1) is 6.92 Å². The molecule has 0 bridgehead atoms. The van der Waals surface area contributed by atoms with Crippen molar-refractivity contribution < 1.29 is 5.11 Å². The predicted molar refractivity (Wildman–Crippen MR) is 106 cm³/mol. The molecule has 140 valence electrons. The van der Waals surface area contributed by atoms with E-state index >= 15 is 0 Å². The van der Waals surface area contributed by atoms with Gasteiger partial charge in [-0.3, -0.25) is 0 Å². The Balaban J connectivity index is 1.74. The number of likely N-dealkylation sites (N-methyl/N-ethyl adjacent to an activating group) is 1. The van der Waals surface area contributed by atoms with Gasteiger partial charge < -0.3 is 20.2 Å². The highest BCUT2D eigenvalue weighted by Crippen LogP contribution is 2.27. The van der Waals surface area contributed by atoms with Crippen molar-refractivity contribution in [1.29, 1.82) is 0 Å². The summed E-state index contributed by atoms with van der Waals surface area (Å²) in [6, 6.07) is 8.33. The molecule has 1 atom stereocenters. The number of hydrogen-bond donors (Lipinski definition) is 2. The Bertz CT molecular complexity index is 760. The normalized spacial score (nSPS) is 15.1. The van der Waals surface area contributed by atoms with E-state index in [4.69, 9.17) is 0 Å². The van der Waals surface area contributed by atoms with Crippen LogP contribution in [-0.2, 0) is 13.0 Å². The van der Waals surface area contributed by atoms with Crippen molar-refractivity contribution in [3.63, 3.8) is 0 Å². The van der Waals surface area contributed by atoms with Crippen molar-refractivity contribution in [2.75, 3.05) is 43.9 Å². The smallest absolute Gasteiger partial charge is 0.134 e. The van der Waals surface area contributed by atoms with Crippen molar-refractivity contribution in [2.45, 2.75) is 32.9 Å².